The average molecular weight is 456 g/mol. The summed E-state index contributed by atoms with van der Waals surface area (Å²) in [4.78, 5) is 22.3. The van der Waals surface area contributed by atoms with Crippen LogP contribution in [0.4, 0.5) is 0 Å². The van der Waals surface area contributed by atoms with E-state index in [1.54, 1.807) is 6.20 Å². The Morgan fingerprint density at radius 2 is 1.87 bits per heavy atom. The van der Waals surface area contributed by atoms with Crippen LogP contribution in [0.2, 0.25) is 0 Å². The molecule has 5 rings (SSSR count). The van der Waals surface area contributed by atoms with E-state index in [2.05, 4.69) is 44.4 Å². The predicted octanol–water partition coefficient (Wildman–Crippen LogP) is 5.43. The number of hydrogen-bond acceptors (Lipinski definition) is 3. The number of benzene rings is 2. The molecule has 2 aromatic heterocycles. The highest BCUT2D eigenvalue weighted by Crippen LogP contribution is 2.27. The fraction of sp³-hybridized carbons (Fsp3) is 0.0800. The topological polar surface area (TPSA) is 54.9 Å². The maximum atomic E-state index is 13.2. The quantitative estimate of drug-likeness (QED) is 0.446. The van der Waals surface area contributed by atoms with Crippen LogP contribution in [0.25, 0.3) is 28.4 Å². The summed E-state index contributed by atoms with van der Waals surface area (Å²) < 4.78 is 0.908. The highest BCUT2D eigenvalue weighted by Gasteiger charge is 2.17. The molecule has 146 valence electrons. The van der Waals surface area contributed by atoms with Gasteiger partial charge >= 0.3 is 0 Å². The van der Waals surface area contributed by atoms with Crippen LogP contribution in [0.15, 0.2) is 83.0 Å². The first-order valence-corrected chi connectivity index (χ1v) is 10.5. The smallest absolute Gasteiger partial charge is 0.252 e. The summed E-state index contributed by atoms with van der Waals surface area (Å²) in [6.45, 7) is 0.518. The molecule has 4 nitrogen and oxygen atoms in total. The second kappa shape index (κ2) is 7.84. The molecule has 0 atom stereocenters. The highest BCUT2D eigenvalue weighted by molar-refractivity contribution is 9.10. The van der Waals surface area contributed by atoms with E-state index in [4.69, 9.17) is 4.98 Å². The van der Waals surface area contributed by atoms with E-state index in [1.807, 2.05) is 54.6 Å². The molecule has 0 spiro atoms. The number of rotatable bonds is 4. The van der Waals surface area contributed by atoms with Crippen molar-refractivity contribution in [3.05, 3.63) is 99.7 Å². The second-order valence-electron chi connectivity index (χ2n) is 7.29. The molecule has 1 N–H and O–H groups in total. The lowest BCUT2D eigenvalue weighted by Gasteiger charge is -2.11. The average Bonchev–Trinajstić information content (AvgIpc) is 3.20. The molecule has 30 heavy (non-hydrogen) atoms. The third-order valence-electron chi connectivity index (χ3n) is 5.25. The number of carbonyl (C=O) groups excluding carboxylic acids is 1. The van der Waals surface area contributed by atoms with Crippen molar-refractivity contribution in [1.29, 1.82) is 0 Å². The molecule has 0 bridgehead atoms. The molecule has 1 aliphatic rings. The number of pyridine rings is 2. The van der Waals surface area contributed by atoms with Gasteiger partial charge in [0.15, 0.2) is 0 Å². The van der Waals surface area contributed by atoms with Gasteiger partial charge in [-0.25, -0.2) is 4.98 Å². The molecule has 5 heteroatoms. The molecule has 0 aliphatic heterocycles. The van der Waals surface area contributed by atoms with Crippen molar-refractivity contribution in [3.8, 4) is 11.4 Å². The molecule has 0 radical (unpaired) electrons. The third kappa shape index (κ3) is 3.64. The maximum Gasteiger partial charge on any atom is 0.252 e. The summed E-state index contributed by atoms with van der Waals surface area (Å²) in [7, 11) is 0. The van der Waals surface area contributed by atoms with Gasteiger partial charge in [-0.05, 0) is 59.5 Å². The Balaban J connectivity index is 1.46. The molecule has 0 saturated carbocycles. The monoisotopic (exact) mass is 455 g/mol. The van der Waals surface area contributed by atoms with Crippen molar-refractivity contribution in [2.45, 2.75) is 6.42 Å². The highest BCUT2D eigenvalue weighted by atomic mass is 79.9. The van der Waals surface area contributed by atoms with E-state index in [9.17, 15) is 4.79 Å². The Hall–Kier alpha value is -3.31. The Morgan fingerprint density at radius 1 is 1.00 bits per heavy atom. The van der Waals surface area contributed by atoms with Crippen LogP contribution in [-0.4, -0.2) is 22.4 Å². The van der Waals surface area contributed by atoms with Gasteiger partial charge in [0.05, 0.1) is 22.5 Å². The standard InChI is InChI=1S/C25H18BrN3O/c26-19-8-9-22-20(13-19)21(14-24(29-22)23-7-3-4-10-27-23)25(30)28-15-16-11-17-5-1-2-6-18(17)12-16/h1-11,13-14H,12,15H2,(H,28,30). The Morgan fingerprint density at radius 3 is 2.70 bits per heavy atom. The summed E-state index contributed by atoms with van der Waals surface area (Å²) in [5.74, 6) is -0.116. The number of fused-ring (bicyclic) bond motifs is 2. The number of hydrogen-bond donors (Lipinski definition) is 1. The normalized spacial score (nSPS) is 12.5. The minimum Gasteiger partial charge on any atom is -0.348 e. The van der Waals surface area contributed by atoms with Crippen LogP contribution < -0.4 is 5.32 Å². The van der Waals surface area contributed by atoms with Gasteiger partial charge in [0.25, 0.3) is 5.91 Å². The lowest BCUT2D eigenvalue weighted by atomic mass is 10.1. The zero-order valence-corrected chi connectivity index (χ0v) is 17.7. The molecule has 0 unspecified atom stereocenters. The third-order valence-corrected chi connectivity index (χ3v) is 5.74. The number of amides is 1. The van der Waals surface area contributed by atoms with Crippen molar-refractivity contribution in [3.63, 3.8) is 0 Å². The fourth-order valence-electron chi connectivity index (χ4n) is 3.79. The van der Waals surface area contributed by atoms with Gasteiger partial charge in [-0.1, -0.05) is 52.3 Å². The summed E-state index contributed by atoms with van der Waals surface area (Å²) in [5.41, 5.74) is 6.52. The van der Waals surface area contributed by atoms with Crippen LogP contribution in [0.5, 0.6) is 0 Å². The number of carbonyl (C=O) groups is 1. The Bertz CT molecular complexity index is 1300. The Labute approximate surface area is 182 Å². The van der Waals surface area contributed by atoms with Gasteiger partial charge in [0.2, 0.25) is 0 Å². The second-order valence-corrected chi connectivity index (χ2v) is 8.21. The molecule has 2 aromatic carbocycles. The number of nitrogens with zero attached hydrogens (tertiary/aromatic N) is 2. The summed E-state index contributed by atoms with van der Waals surface area (Å²) in [6.07, 6.45) is 4.77. The molecule has 4 aromatic rings. The van der Waals surface area contributed by atoms with Crippen LogP contribution in [0.1, 0.15) is 21.5 Å². The van der Waals surface area contributed by atoms with E-state index in [0.717, 1.165) is 27.5 Å². The Kier molecular flexibility index (Phi) is 4.89. The largest absolute Gasteiger partial charge is 0.348 e. The maximum absolute atomic E-state index is 13.2. The van der Waals surface area contributed by atoms with Crippen LogP contribution in [-0.2, 0) is 6.42 Å². The SMILES string of the molecule is O=C(NCC1=Cc2ccccc2C1)c1cc(-c2ccccn2)nc2ccc(Br)cc12. The fourth-order valence-corrected chi connectivity index (χ4v) is 4.15. The van der Waals surface area contributed by atoms with Crippen molar-refractivity contribution < 1.29 is 4.79 Å². The zero-order chi connectivity index (χ0) is 20.5. The molecular weight excluding hydrogens is 438 g/mol. The molecule has 1 aliphatic carbocycles. The first-order valence-electron chi connectivity index (χ1n) is 9.75. The van der Waals surface area contributed by atoms with Crippen molar-refractivity contribution in [1.82, 2.24) is 15.3 Å². The van der Waals surface area contributed by atoms with Crippen LogP contribution in [0, 0.1) is 0 Å². The van der Waals surface area contributed by atoms with E-state index < -0.39 is 0 Å². The number of aromatic nitrogens is 2. The molecule has 0 fully saturated rings. The van der Waals surface area contributed by atoms with Gasteiger partial charge in [-0.3, -0.25) is 9.78 Å². The van der Waals surface area contributed by atoms with Gasteiger partial charge in [-0.15, -0.1) is 0 Å². The summed E-state index contributed by atoms with van der Waals surface area (Å²) >= 11 is 3.51. The summed E-state index contributed by atoms with van der Waals surface area (Å²) in [6, 6.07) is 21.6. The molecule has 2 heterocycles. The van der Waals surface area contributed by atoms with Gasteiger partial charge in [-0.2, -0.15) is 0 Å². The lowest BCUT2D eigenvalue weighted by Crippen LogP contribution is -2.26. The van der Waals surface area contributed by atoms with E-state index in [-0.39, 0.29) is 5.91 Å². The van der Waals surface area contributed by atoms with Gasteiger partial charge in [0, 0.05) is 22.6 Å². The zero-order valence-electron chi connectivity index (χ0n) is 16.1. The van der Waals surface area contributed by atoms with Crippen LogP contribution >= 0.6 is 15.9 Å². The minimum atomic E-state index is -0.116. The van der Waals surface area contributed by atoms with Crippen molar-refractivity contribution >= 4 is 38.8 Å². The first-order chi connectivity index (χ1) is 14.7. The molecular formula is C25H18BrN3O. The summed E-state index contributed by atoms with van der Waals surface area (Å²) in [5, 5.41) is 3.91. The van der Waals surface area contributed by atoms with Crippen molar-refractivity contribution in [2.75, 3.05) is 6.54 Å². The van der Waals surface area contributed by atoms with Gasteiger partial charge < -0.3 is 5.32 Å². The first kappa shape index (κ1) is 18.7. The lowest BCUT2D eigenvalue weighted by molar-refractivity contribution is 0.0958. The van der Waals surface area contributed by atoms with Gasteiger partial charge in [0.1, 0.15) is 0 Å². The van der Waals surface area contributed by atoms with Crippen molar-refractivity contribution in [2.24, 2.45) is 0 Å². The number of nitrogens with one attached hydrogen (secondary N) is 1. The van der Waals surface area contributed by atoms with Crippen LogP contribution in [0.3, 0.4) is 0 Å². The van der Waals surface area contributed by atoms with E-state index in [0.29, 0.717) is 17.8 Å². The predicted molar refractivity (Wildman–Crippen MR) is 123 cm³/mol. The van der Waals surface area contributed by atoms with E-state index >= 15 is 0 Å². The minimum absolute atomic E-state index is 0.116. The van der Waals surface area contributed by atoms with E-state index in [1.165, 1.54) is 16.7 Å². The molecule has 0 saturated heterocycles. The molecule has 1 amide bonds. The number of halogens is 1.